The first kappa shape index (κ1) is 23.2. The van der Waals surface area contributed by atoms with Crippen LogP contribution < -0.4 is 17.0 Å². The molecule has 0 heterocycles. The summed E-state index contributed by atoms with van der Waals surface area (Å²) >= 11 is 3.72. The van der Waals surface area contributed by atoms with Crippen LogP contribution in [0, 0.1) is 0 Å². The topological polar surface area (TPSA) is 0 Å². The van der Waals surface area contributed by atoms with Crippen LogP contribution in [-0.4, -0.2) is 30.1 Å². The van der Waals surface area contributed by atoms with Crippen LogP contribution in [0.4, 0.5) is 0 Å². The summed E-state index contributed by atoms with van der Waals surface area (Å²) in [5.74, 6) is 0. The van der Waals surface area contributed by atoms with E-state index in [9.17, 15) is 0 Å². The summed E-state index contributed by atoms with van der Waals surface area (Å²) in [4.78, 5) is 0. The molecule has 0 aliphatic carbocycles. The van der Waals surface area contributed by atoms with Gasteiger partial charge in [-0.2, -0.15) is 0 Å². The average molecular weight is 415 g/mol. The maximum absolute atomic E-state index is 3.72. The molecular weight excluding hydrogens is 378 g/mol. The molecule has 0 bridgehead atoms. The number of unbranched alkanes of at least 4 members (excludes halogenated alkanes) is 9. The second-order valence-corrected chi connectivity index (χ2v) is 6.87. The predicted molar refractivity (Wildman–Crippen MR) is 91.8 cm³/mol. The van der Waals surface area contributed by atoms with Gasteiger partial charge in [-0.05, 0) is 41.6 Å². The van der Waals surface area contributed by atoms with E-state index in [4.69, 9.17) is 0 Å². The molecule has 0 aromatic carbocycles. The van der Waals surface area contributed by atoms with Crippen LogP contribution in [0.25, 0.3) is 0 Å². The summed E-state index contributed by atoms with van der Waals surface area (Å²) in [6.45, 7) is 7.28. The van der Waals surface area contributed by atoms with Gasteiger partial charge in [0.15, 0.2) is 0 Å². The molecule has 3 heteroatoms. The summed E-state index contributed by atoms with van der Waals surface area (Å²) in [5.41, 5.74) is 1.12. The highest BCUT2D eigenvalue weighted by atomic mass is 79.9. The highest BCUT2D eigenvalue weighted by Gasteiger charge is 2.18. The number of alkyl halides is 1. The fourth-order valence-corrected chi connectivity index (χ4v) is 3.10. The quantitative estimate of drug-likeness (QED) is 0.177. The lowest BCUT2D eigenvalue weighted by atomic mass is 10.1. The van der Waals surface area contributed by atoms with Crippen LogP contribution in [0.3, 0.4) is 0 Å². The fraction of sp³-hybridized carbons (Fsp3) is 1.00. The van der Waals surface area contributed by atoms with Crippen molar-refractivity contribution in [3.8, 4) is 0 Å². The molecule has 0 saturated heterocycles. The van der Waals surface area contributed by atoms with E-state index >= 15 is 0 Å². The molecule has 124 valence electrons. The second kappa shape index (κ2) is 16.3. The van der Waals surface area contributed by atoms with Gasteiger partial charge in [-0.3, -0.25) is 0 Å². The zero-order chi connectivity index (χ0) is 14.4. The number of hydrogen-bond acceptors (Lipinski definition) is 0. The van der Waals surface area contributed by atoms with E-state index in [2.05, 4.69) is 36.8 Å². The van der Waals surface area contributed by atoms with Gasteiger partial charge in [-0.15, -0.1) is 0 Å². The van der Waals surface area contributed by atoms with Crippen LogP contribution in [0.2, 0.25) is 0 Å². The van der Waals surface area contributed by atoms with Crippen molar-refractivity contribution in [2.24, 2.45) is 0 Å². The van der Waals surface area contributed by atoms with Crippen LogP contribution in [0.5, 0.6) is 0 Å². The van der Waals surface area contributed by atoms with Crippen LogP contribution in [-0.2, 0) is 0 Å². The molecule has 20 heavy (non-hydrogen) atoms. The van der Waals surface area contributed by atoms with E-state index in [-0.39, 0.29) is 17.0 Å². The summed E-state index contributed by atoms with van der Waals surface area (Å²) in [6, 6.07) is 0. The SMILES string of the molecule is CCCCCCCC[N+](C)(CBr)CCCCCCC.[Br-]. The average Bonchev–Trinajstić information content (AvgIpc) is 2.42. The smallest absolute Gasteiger partial charge is 0.134 e. The maximum atomic E-state index is 3.72. The largest absolute Gasteiger partial charge is 1.00 e. The molecule has 0 rings (SSSR count). The summed E-state index contributed by atoms with van der Waals surface area (Å²) < 4.78 is 1.22. The first-order valence-corrected chi connectivity index (χ1v) is 9.70. The van der Waals surface area contributed by atoms with Gasteiger partial charge in [0.2, 0.25) is 0 Å². The third kappa shape index (κ3) is 13.9. The van der Waals surface area contributed by atoms with Crippen LogP contribution in [0.15, 0.2) is 0 Å². The van der Waals surface area contributed by atoms with Crippen molar-refractivity contribution in [1.29, 1.82) is 0 Å². The standard InChI is InChI=1S/C17H37BrN.BrH/c1-4-6-8-10-12-14-16-19(3,17-18)15-13-11-9-7-5-2;/h4-17H2,1-3H3;1H/q+1;/p-1. The number of rotatable bonds is 14. The lowest BCUT2D eigenvalue weighted by Crippen LogP contribution is -3.00. The lowest BCUT2D eigenvalue weighted by molar-refractivity contribution is -0.896. The van der Waals surface area contributed by atoms with E-state index in [1.54, 1.807) is 0 Å². The molecule has 0 saturated carbocycles. The molecule has 0 spiro atoms. The summed E-state index contributed by atoms with van der Waals surface area (Å²) in [6.07, 6.45) is 15.5. The first-order chi connectivity index (χ1) is 9.18. The van der Waals surface area contributed by atoms with Gasteiger partial charge in [0.1, 0.15) is 5.45 Å². The summed E-state index contributed by atoms with van der Waals surface area (Å²) in [5, 5.41) is 0. The molecule has 1 unspecified atom stereocenters. The minimum Gasteiger partial charge on any atom is -1.00 e. The van der Waals surface area contributed by atoms with Crippen molar-refractivity contribution < 1.29 is 21.5 Å². The Bertz CT molecular complexity index is 188. The van der Waals surface area contributed by atoms with Gasteiger partial charge < -0.3 is 21.5 Å². The van der Waals surface area contributed by atoms with Crippen LogP contribution in [0.1, 0.15) is 84.5 Å². The Morgan fingerprint density at radius 2 is 1.00 bits per heavy atom. The minimum absolute atomic E-state index is 0. The van der Waals surface area contributed by atoms with Crippen molar-refractivity contribution >= 4 is 15.9 Å². The Morgan fingerprint density at radius 3 is 1.35 bits per heavy atom. The molecule has 0 aromatic rings. The molecule has 1 atom stereocenters. The van der Waals surface area contributed by atoms with Crippen molar-refractivity contribution in [1.82, 2.24) is 0 Å². The molecule has 1 nitrogen and oxygen atoms in total. The summed E-state index contributed by atoms with van der Waals surface area (Å²) in [7, 11) is 2.42. The van der Waals surface area contributed by atoms with Gasteiger partial charge in [-0.25, -0.2) is 0 Å². The Balaban J connectivity index is 0. The molecule has 0 aliphatic rings. The number of halogens is 2. The van der Waals surface area contributed by atoms with Gasteiger partial charge in [0.05, 0.1) is 20.1 Å². The Kier molecular flexibility index (Phi) is 18.9. The van der Waals surface area contributed by atoms with E-state index < -0.39 is 0 Å². The highest BCUT2D eigenvalue weighted by molar-refractivity contribution is 9.09. The minimum atomic E-state index is 0. The Morgan fingerprint density at radius 1 is 0.650 bits per heavy atom. The molecule has 0 N–H and O–H groups in total. The van der Waals surface area contributed by atoms with Crippen LogP contribution >= 0.6 is 15.9 Å². The lowest BCUT2D eigenvalue weighted by Gasteiger charge is -2.32. The molecule has 0 amide bonds. The van der Waals surface area contributed by atoms with Crippen molar-refractivity contribution in [3.63, 3.8) is 0 Å². The molecule has 0 aliphatic heterocycles. The van der Waals surface area contributed by atoms with E-state index in [1.165, 1.54) is 88.2 Å². The van der Waals surface area contributed by atoms with E-state index in [1.807, 2.05) is 0 Å². The zero-order valence-corrected chi connectivity index (χ0v) is 17.3. The van der Waals surface area contributed by atoms with Gasteiger partial charge >= 0.3 is 0 Å². The van der Waals surface area contributed by atoms with Gasteiger partial charge in [-0.1, -0.05) is 58.8 Å². The first-order valence-electron chi connectivity index (χ1n) is 8.58. The molecule has 0 radical (unpaired) electrons. The third-order valence-electron chi connectivity index (χ3n) is 4.14. The second-order valence-electron chi connectivity index (χ2n) is 6.37. The molecule has 0 fully saturated rings. The maximum Gasteiger partial charge on any atom is 0.134 e. The zero-order valence-electron chi connectivity index (χ0n) is 14.1. The number of quaternary nitrogens is 1. The fourth-order valence-electron chi connectivity index (χ4n) is 2.60. The van der Waals surface area contributed by atoms with E-state index in [0.29, 0.717) is 0 Å². The van der Waals surface area contributed by atoms with Crippen molar-refractivity contribution in [2.45, 2.75) is 84.5 Å². The highest BCUT2D eigenvalue weighted by Crippen LogP contribution is 2.14. The Labute approximate surface area is 147 Å². The number of hydrogen-bond donors (Lipinski definition) is 0. The van der Waals surface area contributed by atoms with Crippen molar-refractivity contribution in [2.75, 3.05) is 25.6 Å². The van der Waals surface area contributed by atoms with Gasteiger partial charge in [0, 0.05) is 0 Å². The monoisotopic (exact) mass is 413 g/mol. The molecular formula is C17H37Br2N. The predicted octanol–water partition coefficient (Wildman–Crippen LogP) is 3.12. The third-order valence-corrected chi connectivity index (χ3v) is 5.35. The van der Waals surface area contributed by atoms with E-state index in [0.717, 1.165) is 5.45 Å². The number of nitrogens with zero attached hydrogens (tertiary/aromatic N) is 1. The van der Waals surface area contributed by atoms with Gasteiger partial charge in [0.25, 0.3) is 0 Å². The Hall–Kier alpha value is 0.920. The normalized spacial score (nSPS) is 13.8. The molecule has 0 aromatic heterocycles. The van der Waals surface area contributed by atoms with Crippen molar-refractivity contribution in [3.05, 3.63) is 0 Å².